The molecule has 7 nitrogen and oxygen atoms in total. The van der Waals surface area contributed by atoms with Crippen molar-refractivity contribution in [2.75, 3.05) is 12.4 Å². The third-order valence-corrected chi connectivity index (χ3v) is 3.27. The molecule has 0 unspecified atom stereocenters. The topological polar surface area (TPSA) is 81.1 Å². The van der Waals surface area contributed by atoms with Gasteiger partial charge in [0.05, 0.1) is 12.6 Å². The molecule has 2 N–H and O–H groups in total. The zero-order chi connectivity index (χ0) is 15.9. The van der Waals surface area contributed by atoms with E-state index in [2.05, 4.69) is 20.7 Å². The Labute approximate surface area is 129 Å². The quantitative estimate of drug-likeness (QED) is 0.857. The first-order valence-corrected chi connectivity index (χ1v) is 7.11. The van der Waals surface area contributed by atoms with E-state index in [9.17, 15) is 4.79 Å². The molecular formula is C15H21N5O2. The minimum Gasteiger partial charge on any atom is -0.377 e. The van der Waals surface area contributed by atoms with Gasteiger partial charge in [-0.05, 0) is 31.5 Å². The normalized spacial score (nSPS) is 13.4. The summed E-state index contributed by atoms with van der Waals surface area (Å²) in [6.07, 6.45) is 3.07. The van der Waals surface area contributed by atoms with Crippen molar-refractivity contribution in [3.05, 3.63) is 42.5 Å². The molecule has 22 heavy (non-hydrogen) atoms. The van der Waals surface area contributed by atoms with E-state index in [1.165, 1.54) is 6.33 Å². The Balaban J connectivity index is 1.88. The number of urea groups is 1. The lowest BCUT2D eigenvalue weighted by atomic mass is 10.1. The molecule has 1 aromatic heterocycles. The van der Waals surface area contributed by atoms with Crippen LogP contribution >= 0.6 is 0 Å². The molecule has 2 atom stereocenters. The van der Waals surface area contributed by atoms with Gasteiger partial charge in [-0.2, -0.15) is 5.10 Å². The second-order valence-corrected chi connectivity index (χ2v) is 5.12. The first-order valence-electron chi connectivity index (χ1n) is 7.11. The number of ether oxygens (including phenoxy) is 1. The molecule has 0 aliphatic carbocycles. The Morgan fingerprint density at radius 3 is 2.91 bits per heavy atom. The first-order chi connectivity index (χ1) is 10.6. The highest BCUT2D eigenvalue weighted by Gasteiger charge is 2.10. The highest BCUT2D eigenvalue weighted by atomic mass is 16.5. The van der Waals surface area contributed by atoms with E-state index >= 15 is 0 Å². The minimum atomic E-state index is -0.255. The first kappa shape index (κ1) is 16.0. The fourth-order valence-corrected chi connectivity index (χ4v) is 2.05. The van der Waals surface area contributed by atoms with Crippen LogP contribution in [0.25, 0.3) is 0 Å². The average molecular weight is 303 g/mol. The van der Waals surface area contributed by atoms with Gasteiger partial charge in [0, 0.05) is 18.8 Å². The van der Waals surface area contributed by atoms with Crippen LogP contribution in [0.4, 0.5) is 10.5 Å². The molecule has 0 aliphatic heterocycles. The molecule has 0 saturated heterocycles. The Kier molecular flexibility index (Phi) is 5.48. The van der Waals surface area contributed by atoms with Gasteiger partial charge in [-0.25, -0.2) is 9.78 Å². The zero-order valence-electron chi connectivity index (χ0n) is 13.0. The minimum absolute atomic E-state index is 0.0175. The van der Waals surface area contributed by atoms with Crippen molar-refractivity contribution < 1.29 is 9.53 Å². The molecule has 0 fully saturated rings. The van der Waals surface area contributed by atoms with Gasteiger partial charge in [-0.15, -0.1) is 0 Å². The monoisotopic (exact) mass is 303 g/mol. The lowest BCUT2D eigenvalue weighted by Gasteiger charge is -2.15. The van der Waals surface area contributed by atoms with Crippen LogP contribution in [0.5, 0.6) is 0 Å². The summed E-state index contributed by atoms with van der Waals surface area (Å²) in [5.41, 5.74) is 1.74. The van der Waals surface area contributed by atoms with Crippen LogP contribution in [0.15, 0.2) is 36.9 Å². The van der Waals surface area contributed by atoms with E-state index in [0.29, 0.717) is 6.54 Å². The Bertz CT molecular complexity index is 600. The molecular weight excluding hydrogens is 282 g/mol. The number of benzene rings is 1. The summed E-state index contributed by atoms with van der Waals surface area (Å²) < 4.78 is 6.95. The summed E-state index contributed by atoms with van der Waals surface area (Å²) in [5, 5.41) is 9.69. The third kappa shape index (κ3) is 4.56. The smallest absolute Gasteiger partial charge is 0.319 e. The number of methoxy groups -OCH3 is 1. The summed E-state index contributed by atoms with van der Waals surface area (Å²) in [6, 6.07) is 7.27. The van der Waals surface area contributed by atoms with Gasteiger partial charge < -0.3 is 15.4 Å². The van der Waals surface area contributed by atoms with Crippen LogP contribution in [-0.4, -0.2) is 33.9 Å². The Hall–Kier alpha value is -2.41. The van der Waals surface area contributed by atoms with Crippen molar-refractivity contribution in [2.24, 2.45) is 0 Å². The lowest BCUT2D eigenvalue weighted by molar-refractivity contribution is 0.119. The number of nitrogens with zero attached hydrogens (tertiary/aromatic N) is 3. The summed E-state index contributed by atoms with van der Waals surface area (Å²) in [6.45, 7) is 4.43. The lowest BCUT2D eigenvalue weighted by Crippen LogP contribution is -2.38. The number of nitrogens with one attached hydrogen (secondary N) is 2. The van der Waals surface area contributed by atoms with E-state index in [0.717, 1.165) is 11.3 Å². The molecule has 0 bridgehead atoms. The molecule has 2 rings (SSSR count). The van der Waals surface area contributed by atoms with Crippen molar-refractivity contribution in [2.45, 2.75) is 32.5 Å². The molecule has 0 radical (unpaired) electrons. The predicted octanol–water partition coefficient (Wildman–Crippen LogP) is 2.20. The Morgan fingerprint density at radius 1 is 1.41 bits per heavy atom. The second kappa shape index (κ2) is 7.56. The van der Waals surface area contributed by atoms with Crippen LogP contribution in [0.1, 0.15) is 25.5 Å². The van der Waals surface area contributed by atoms with Gasteiger partial charge in [0.1, 0.15) is 12.7 Å². The highest BCUT2D eigenvalue weighted by molar-refractivity contribution is 5.89. The SMILES string of the molecule is CO[C@H](C)c1cccc(NC(=O)N[C@@H](C)Cn2cncn2)c1. The maximum atomic E-state index is 12.0. The number of carbonyl (C=O) groups is 1. The van der Waals surface area contributed by atoms with Crippen LogP contribution < -0.4 is 10.6 Å². The van der Waals surface area contributed by atoms with E-state index in [1.807, 2.05) is 38.1 Å². The zero-order valence-corrected chi connectivity index (χ0v) is 13.0. The van der Waals surface area contributed by atoms with Gasteiger partial charge in [0.2, 0.25) is 0 Å². The van der Waals surface area contributed by atoms with Gasteiger partial charge >= 0.3 is 6.03 Å². The molecule has 118 valence electrons. The number of anilines is 1. The van der Waals surface area contributed by atoms with E-state index in [-0.39, 0.29) is 18.2 Å². The van der Waals surface area contributed by atoms with Crippen LogP contribution in [0.3, 0.4) is 0 Å². The molecule has 0 aliphatic rings. The van der Waals surface area contributed by atoms with Crippen LogP contribution in [0.2, 0.25) is 0 Å². The van der Waals surface area contributed by atoms with Gasteiger partial charge in [-0.3, -0.25) is 4.68 Å². The highest BCUT2D eigenvalue weighted by Crippen LogP contribution is 2.19. The second-order valence-electron chi connectivity index (χ2n) is 5.12. The number of amides is 2. The molecule has 0 spiro atoms. The van der Waals surface area contributed by atoms with Gasteiger partial charge in [0.25, 0.3) is 0 Å². The van der Waals surface area contributed by atoms with Gasteiger partial charge in [-0.1, -0.05) is 12.1 Å². The summed E-state index contributed by atoms with van der Waals surface area (Å²) in [7, 11) is 1.66. The number of hydrogen-bond acceptors (Lipinski definition) is 4. The van der Waals surface area contributed by atoms with Crippen molar-refractivity contribution in [1.82, 2.24) is 20.1 Å². The van der Waals surface area contributed by atoms with E-state index in [4.69, 9.17) is 4.74 Å². The fourth-order valence-electron chi connectivity index (χ4n) is 2.05. The van der Waals surface area contributed by atoms with Crippen molar-refractivity contribution in [3.63, 3.8) is 0 Å². The molecule has 0 saturated carbocycles. The summed E-state index contributed by atoms with van der Waals surface area (Å²) >= 11 is 0. The van der Waals surface area contributed by atoms with Crippen molar-refractivity contribution >= 4 is 11.7 Å². The largest absolute Gasteiger partial charge is 0.377 e. The average Bonchev–Trinajstić information content (AvgIpc) is 2.99. The maximum absolute atomic E-state index is 12.0. The molecule has 2 aromatic rings. The maximum Gasteiger partial charge on any atom is 0.319 e. The van der Waals surface area contributed by atoms with E-state index < -0.39 is 0 Å². The number of carbonyl (C=O) groups excluding carboxylic acids is 1. The Morgan fingerprint density at radius 2 is 2.23 bits per heavy atom. The van der Waals surface area contributed by atoms with Crippen molar-refractivity contribution in [1.29, 1.82) is 0 Å². The van der Waals surface area contributed by atoms with Crippen molar-refractivity contribution in [3.8, 4) is 0 Å². The number of rotatable bonds is 6. The predicted molar refractivity (Wildman–Crippen MR) is 83.5 cm³/mol. The molecule has 1 aromatic carbocycles. The fraction of sp³-hybridized carbons (Fsp3) is 0.400. The van der Waals surface area contributed by atoms with Crippen LogP contribution in [0, 0.1) is 0 Å². The number of aromatic nitrogens is 3. The molecule has 7 heteroatoms. The van der Waals surface area contributed by atoms with Crippen LogP contribution in [-0.2, 0) is 11.3 Å². The summed E-state index contributed by atoms with van der Waals surface area (Å²) in [5.74, 6) is 0. The standard InChI is InChI=1S/C15H21N5O2/c1-11(8-20-10-16-9-17-20)18-15(21)19-14-6-4-5-13(7-14)12(2)22-3/h4-7,9-12H,8H2,1-3H3,(H2,18,19,21)/t11-,12+/m0/s1. The number of hydrogen-bond donors (Lipinski definition) is 2. The molecule has 1 heterocycles. The van der Waals surface area contributed by atoms with Gasteiger partial charge in [0.15, 0.2) is 0 Å². The summed E-state index contributed by atoms with van der Waals surface area (Å²) in [4.78, 5) is 15.9. The van der Waals surface area contributed by atoms with E-state index in [1.54, 1.807) is 18.1 Å². The third-order valence-electron chi connectivity index (χ3n) is 3.27. The molecule has 2 amide bonds.